The molecule has 4 heterocycles. The van der Waals surface area contributed by atoms with E-state index in [1.807, 2.05) is 64.4 Å². The molecule has 3 saturated heterocycles. The Morgan fingerprint density at radius 3 is 2.34 bits per heavy atom. The van der Waals surface area contributed by atoms with Gasteiger partial charge in [0.1, 0.15) is 17.6 Å². The summed E-state index contributed by atoms with van der Waals surface area (Å²) in [5, 5.41) is 8.78. The van der Waals surface area contributed by atoms with E-state index in [0.717, 1.165) is 29.4 Å². The average Bonchev–Trinajstić information content (AvgIpc) is 2.94. The lowest BCUT2D eigenvalue weighted by atomic mass is 9.93. The van der Waals surface area contributed by atoms with Gasteiger partial charge in [0.15, 0.2) is 0 Å². The quantitative estimate of drug-likeness (QED) is 0.685. The van der Waals surface area contributed by atoms with Crippen molar-refractivity contribution in [3.63, 3.8) is 0 Å². The van der Waals surface area contributed by atoms with Gasteiger partial charge in [0.2, 0.25) is 11.8 Å². The maximum absolute atomic E-state index is 13.0. The molecule has 3 aliphatic heterocycles. The van der Waals surface area contributed by atoms with E-state index in [1.165, 1.54) is 4.80 Å². The number of amides is 2. The van der Waals surface area contributed by atoms with Crippen LogP contribution in [0, 0.1) is 5.92 Å². The first kappa shape index (κ1) is 17.8. The predicted molar refractivity (Wildman–Crippen MR) is 108 cm³/mol. The molecule has 0 radical (unpaired) electrons. The van der Waals surface area contributed by atoms with Crippen molar-refractivity contribution in [2.45, 2.75) is 32.0 Å². The van der Waals surface area contributed by atoms with Crippen molar-refractivity contribution in [3.8, 4) is 0 Å². The number of nitrogens with zero attached hydrogens (tertiary/aromatic N) is 5. The number of carbonyl (C=O) groups excluding carboxylic acids is 2. The summed E-state index contributed by atoms with van der Waals surface area (Å²) in [6.45, 7) is 1.77. The monoisotopic (exact) mass is 389 g/mol. The van der Waals surface area contributed by atoms with Crippen LogP contribution in [-0.2, 0) is 22.7 Å². The van der Waals surface area contributed by atoms with Gasteiger partial charge in [-0.2, -0.15) is 15.0 Å². The molecule has 29 heavy (non-hydrogen) atoms. The maximum atomic E-state index is 13.0. The second-order valence-electron chi connectivity index (χ2n) is 7.90. The van der Waals surface area contributed by atoms with Crippen LogP contribution >= 0.6 is 0 Å². The lowest BCUT2D eigenvalue weighted by molar-refractivity contribution is -0.140. The van der Waals surface area contributed by atoms with Gasteiger partial charge < -0.3 is 9.80 Å². The summed E-state index contributed by atoms with van der Waals surface area (Å²) < 4.78 is 0. The Hall–Kier alpha value is -3.22. The first-order valence-corrected chi connectivity index (χ1v) is 10.1. The van der Waals surface area contributed by atoms with Crippen LogP contribution < -0.4 is 0 Å². The lowest BCUT2D eigenvalue weighted by Gasteiger charge is -2.36. The molecule has 0 saturated carbocycles. The van der Waals surface area contributed by atoms with Crippen LogP contribution in [0.4, 0.5) is 0 Å². The molecular formula is C22H23N5O2. The topological polar surface area (TPSA) is 71.3 Å². The van der Waals surface area contributed by atoms with Crippen molar-refractivity contribution in [2.75, 3.05) is 13.1 Å². The Kier molecular flexibility index (Phi) is 4.50. The van der Waals surface area contributed by atoms with Gasteiger partial charge in [0.05, 0.1) is 5.92 Å². The zero-order valence-corrected chi connectivity index (χ0v) is 16.1. The van der Waals surface area contributed by atoms with Gasteiger partial charge in [0, 0.05) is 25.7 Å². The van der Waals surface area contributed by atoms with E-state index in [-0.39, 0.29) is 30.3 Å². The van der Waals surface area contributed by atoms with Crippen molar-refractivity contribution < 1.29 is 9.59 Å². The Morgan fingerprint density at radius 2 is 1.62 bits per heavy atom. The van der Waals surface area contributed by atoms with Crippen LogP contribution in [-0.4, -0.2) is 55.7 Å². The molecule has 3 aromatic rings. The summed E-state index contributed by atoms with van der Waals surface area (Å²) in [6, 6.07) is 17.7. The van der Waals surface area contributed by atoms with Gasteiger partial charge in [-0.3, -0.25) is 9.59 Å². The molecule has 2 bridgehead atoms. The summed E-state index contributed by atoms with van der Waals surface area (Å²) in [4.78, 5) is 31.3. The van der Waals surface area contributed by atoms with Crippen molar-refractivity contribution in [3.05, 3.63) is 60.2 Å². The van der Waals surface area contributed by atoms with Crippen molar-refractivity contribution >= 4 is 22.8 Å². The standard InChI is InChI=1S/C22H23N5O2/c28-21(15-27-23-19-8-4-5-9-20(19)24-27)25-13-17-10-11-18(14-25)26(22(17)29)12-16-6-2-1-3-7-16/h1-9,17-18H,10-15H2/t17-,18+/m0/s1. The van der Waals surface area contributed by atoms with Crippen LogP contribution in [0.5, 0.6) is 0 Å². The molecule has 0 spiro atoms. The molecule has 2 atom stereocenters. The van der Waals surface area contributed by atoms with Gasteiger partial charge in [-0.25, -0.2) is 0 Å². The number of aromatic nitrogens is 3. The van der Waals surface area contributed by atoms with Crippen LogP contribution in [0.25, 0.3) is 11.0 Å². The van der Waals surface area contributed by atoms with Crippen molar-refractivity contribution in [1.29, 1.82) is 0 Å². The Morgan fingerprint density at radius 1 is 0.931 bits per heavy atom. The molecule has 0 unspecified atom stereocenters. The first-order valence-electron chi connectivity index (χ1n) is 10.1. The molecule has 3 fully saturated rings. The number of benzene rings is 2. The van der Waals surface area contributed by atoms with Gasteiger partial charge in [-0.05, 0) is 30.5 Å². The summed E-state index contributed by atoms with van der Waals surface area (Å²) in [7, 11) is 0. The van der Waals surface area contributed by atoms with Gasteiger partial charge in [-0.1, -0.05) is 42.5 Å². The molecule has 148 valence electrons. The van der Waals surface area contributed by atoms with Crippen molar-refractivity contribution in [2.24, 2.45) is 5.92 Å². The fourth-order valence-corrected chi connectivity index (χ4v) is 4.43. The highest BCUT2D eigenvalue weighted by atomic mass is 16.2. The minimum atomic E-state index is -0.119. The number of carbonyl (C=O) groups is 2. The third kappa shape index (κ3) is 3.48. The smallest absolute Gasteiger partial charge is 0.246 e. The van der Waals surface area contributed by atoms with Crippen LogP contribution in [0.1, 0.15) is 18.4 Å². The van der Waals surface area contributed by atoms with E-state index in [4.69, 9.17) is 0 Å². The highest BCUT2D eigenvalue weighted by molar-refractivity contribution is 5.83. The summed E-state index contributed by atoms with van der Waals surface area (Å²) in [5.41, 5.74) is 2.68. The highest BCUT2D eigenvalue weighted by Gasteiger charge is 2.41. The van der Waals surface area contributed by atoms with Crippen LogP contribution in [0.2, 0.25) is 0 Å². The van der Waals surface area contributed by atoms with E-state index in [0.29, 0.717) is 19.6 Å². The minimum absolute atomic E-state index is 0.0310. The highest BCUT2D eigenvalue weighted by Crippen LogP contribution is 2.30. The largest absolute Gasteiger partial charge is 0.338 e. The van der Waals surface area contributed by atoms with E-state index in [1.54, 1.807) is 0 Å². The molecule has 7 nitrogen and oxygen atoms in total. The number of rotatable bonds is 4. The second-order valence-corrected chi connectivity index (χ2v) is 7.90. The lowest BCUT2D eigenvalue weighted by Crippen LogP contribution is -2.47. The number of fused-ring (bicyclic) bond motifs is 5. The Bertz CT molecular complexity index is 1010. The summed E-state index contributed by atoms with van der Waals surface area (Å²) in [5.74, 6) is 0.0194. The third-order valence-electron chi connectivity index (χ3n) is 5.95. The fraction of sp³-hybridized carbons (Fsp3) is 0.364. The molecule has 1 aromatic heterocycles. The molecule has 3 aliphatic rings. The molecule has 0 aliphatic carbocycles. The van der Waals surface area contributed by atoms with E-state index >= 15 is 0 Å². The Balaban J connectivity index is 1.32. The summed E-state index contributed by atoms with van der Waals surface area (Å²) in [6.07, 6.45) is 1.79. The zero-order valence-electron chi connectivity index (χ0n) is 16.1. The average molecular weight is 389 g/mol. The normalized spacial score (nSPS) is 21.6. The molecule has 6 rings (SSSR count). The van der Waals surface area contributed by atoms with E-state index < -0.39 is 0 Å². The van der Waals surface area contributed by atoms with Crippen LogP contribution in [0.3, 0.4) is 0 Å². The molecule has 0 N–H and O–H groups in total. The number of hydrogen-bond acceptors (Lipinski definition) is 4. The van der Waals surface area contributed by atoms with E-state index in [2.05, 4.69) is 10.2 Å². The predicted octanol–water partition coefficient (Wildman–Crippen LogP) is 2.08. The second kappa shape index (κ2) is 7.31. The Labute approximate surface area is 168 Å². The molecule has 2 aromatic carbocycles. The van der Waals surface area contributed by atoms with Gasteiger partial charge >= 0.3 is 0 Å². The zero-order chi connectivity index (χ0) is 19.8. The van der Waals surface area contributed by atoms with E-state index in [9.17, 15) is 9.59 Å². The third-order valence-corrected chi connectivity index (χ3v) is 5.95. The number of piperidine rings is 1. The van der Waals surface area contributed by atoms with Gasteiger partial charge in [-0.15, -0.1) is 0 Å². The minimum Gasteiger partial charge on any atom is -0.338 e. The first-order chi connectivity index (χ1) is 14.2. The molecular weight excluding hydrogens is 366 g/mol. The molecule has 2 amide bonds. The SMILES string of the molecule is O=C(Cn1nc2ccccc2n1)N1C[C@@H]2CC[C@H](C1)N(Cc1ccccc1)C2=O. The van der Waals surface area contributed by atoms with Crippen molar-refractivity contribution in [1.82, 2.24) is 24.8 Å². The maximum Gasteiger partial charge on any atom is 0.246 e. The van der Waals surface area contributed by atoms with Crippen LogP contribution in [0.15, 0.2) is 54.6 Å². The summed E-state index contributed by atoms with van der Waals surface area (Å²) >= 11 is 0. The van der Waals surface area contributed by atoms with Gasteiger partial charge in [0.25, 0.3) is 0 Å². The fourth-order valence-electron chi connectivity index (χ4n) is 4.43. The molecule has 7 heteroatoms. The number of hydrogen-bond donors (Lipinski definition) is 0.